The van der Waals surface area contributed by atoms with Crippen molar-refractivity contribution >= 4 is 49.9 Å². The number of carbonyl (C=O) groups excluding carboxylic acids is 1. The van der Waals surface area contributed by atoms with E-state index in [0.717, 1.165) is 7.16 Å². The van der Waals surface area contributed by atoms with Crippen molar-refractivity contribution in [3.63, 3.8) is 0 Å². The first-order chi connectivity index (χ1) is 17.5. The second kappa shape index (κ2) is 9.82. The monoisotopic (exact) mass is 588 g/mol. The summed E-state index contributed by atoms with van der Waals surface area (Å²) in [7, 11) is 1.31. The predicted molar refractivity (Wildman–Crippen MR) is 137 cm³/mol. The minimum absolute atomic E-state index is 0.0783. The third-order valence-electron chi connectivity index (χ3n) is 5.74. The SMILES string of the molecule is COC(=O)c1ccc2c(c1)[O][Sn]([c]1ccccc1)([c]1ccccc1)[O]c1ccc([N+](=O)[O-])cc1C=N2. The Labute approximate surface area is 211 Å². The van der Waals surface area contributed by atoms with E-state index in [2.05, 4.69) is 4.99 Å². The molecule has 0 unspecified atom stereocenters. The van der Waals surface area contributed by atoms with Crippen LogP contribution in [0, 0.1) is 10.1 Å². The van der Waals surface area contributed by atoms with E-state index in [1.165, 1.54) is 25.5 Å². The van der Waals surface area contributed by atoms with Crippen LogP contribution in [0.3, 0.4) is 0 Å². The molecule has 0 aliphatic carbocycles. The van der Waals surface area contributed by atoms with Gasteiger partial charge in [0.25, 0.3) is 0 Å². The maximum atomic E-state index is 12.3. The van der Waals surface area contributed by atoms with E-state index in [0.29, 0.717) is 28.3 Å². The van der Waals surface area contributed by atoms with Crippen molar-refractivity contribution in [1.82, 2.24) is 0 Å². The van der Waals surface area contributed by atoms with Gasteiger partial charge in [-0.25, -0.2) is 0 Å². The molecule has 0 N–H and O–H groups in total. The summed E-state index contributed by atoms with van der Waals surface area (Å²) in [4.78, 5) is 27.9. The number of carbonyl (C=O) groups is 1. The van der Waals surface area contributed by atoms with Crippen LogP contribution in [-0.2, 0) is 4.74 Å². The molecule has 1 aliphatic rings. The van der Waals surface area contributed by atoms with Crippen LogP contribution in [0.1, 0.15) is 15.9 Å². The number of nitrogens with zero attached hydrogens (tertiary/aromatic N) is 2. The molecular weight excluding hydrogens is 567 g/mol. The first-order valence-electron chi connectivity index (χ1n) is 11.0. The fourth-order valence-corrected chi connectivity index (χ4v) is 12.8. The summed E-state index contributed by atoms with van der Waals surface area (Å²) < 4.78 is 20.4. The molecule has 5 rings (SSSR count). The molecule has 4 aromatic carbocycles. The summed E-state index contributed by atoms with van der Waals surface area (Å²) >= 11 is -4.61. The molecule has 0 saturated carbocycles. The zero-order valence-electron chi connectivity index (χ0n) is 19.2. The number of benzene rings is 4. The molecule has 178 valence electrons. The molecule has 0 amide bonds. The first-order valence-corrected chi connectivity index (χ1v) is 16.2. The zero-order chi connectivity index (χ0) is 25.1. The van der Waals surface area contributed by atoms with Crippen molar-refractivity contribution in [2.75, 3.05) is 7.11 Å². The van der Waals surface area contributed by atoms with Crippen molar-refractivity contribution in [3.05, 3.63) is 118 Å². The standard InChI is InChI=1S/C15H12N2O6.2C6H5.Sn/c1-23-15(20)9-2-4-12(14(19)7-9)16-8-10-6-11(17(21)22)3-5-13(10)18;2*1-2-4-6-5-3-1;/h2-8,18-19H,1H3;2*1-5H;/q;;;+2/p-2. The van der Waals surface area contributed by atoms with Gasteiger partial charge < -0.3 is 0 Å². The van der Waals surface area contributed by atoms with Crippen molar-refractivity contribution in [3.8, 4) is 11.5 Å². The van der Waals surface area contributed by atoms with E-state index in [-0.39, 0.29) is 5.69 Å². The van der Waals surface area contributed by atoms with Gasteiger partial charge in [0, 0.05) is 0 Å². The Kier molecular flexibility index (Phi) is 6.43. The molecular formula is C27H20N2O6Sn. The Hall–Kier alpha value is -4.18. The van der Waals surface area contributed by atoms with E-state index in [4.69, 9.17) is 10.9 Å². The van der Waals surface area contributed by atoms with E-state index in [1.54, 1.807) is 24.3 Å². The number of nitro groups is 1. The average molecular weight is 587 g/mol. The third kappa shape index (κ3) is 4.42. The van der Waals surface area contributed by atoms with Gasteiger partial charge in [-0.2, -0.15) is 0 Å². The summed E-state index contributed by atoms with van der Waals surface area (Å²) in [6, 6.07) is 28.6. The number of fused-ring (bicyclic) bond motifs is 2. The summed E-state index contributed by atoms with van der Waals surface area (Å²) in [5.41, 5.74) is 1.13. The number of hydrogen-bond donors (Lipinski definition) is 0. The van der Waals surface area contributed by atoms with Crippen LogP contribution < -0.4 is 13.3 Å². The molecule has 8 nitrogen and oxygen atoms in total. The molecule has 0 saturated heterocycles. The Morgan fingerprint density at radius 3 is 2.11 bits per heavy atom. The van der Waals surface area contributed by atoms with Gasteiger partial charge in [-0.3, -0.25) is 0 Å². The molecule has 0 fully saturated rings. The van der Waals surface area contributed by atoms with E-state index >= 15 is 0 Å². The van der Waals surface area contributed by atoms with E-state index < -0.39 is 30.1 Å². The molecule has 0 aromatic heterocycles. The minimum atomic E-state index is -4.61. The van der Waals surface area contributed by atoms with Gasteiger partial charge in [0.1, 0.15) is 0 Å². The fraction of sp³-hybridized carbons (Fsp3) is 0.0370. The van der Waals surface area contributed by atoms with Crippen molar-refractivity contribution < 1.29 is 20.6 Å². The number of nitro benzene ring substituents is 1. The van der Waals surface area contributed by atoms with Crippen LogP contribution in [0.15, 0.2) is 102 Å². The van der Waals surface area contributed by atoms with Gasteiger partial charge in [0.2, 0.25) is 0 Å². The van der Waals surface area contributed by atoms with Crippen LogP contribution in [0.4, 0.5) is 11.4 Å². The van der Waals surface area contributed by atoms with Gasteiger partial charge in [-0.1, -0.05) is 0 Å². The van der Waals surface area contributed by atoms with Gasteiger partial charge in [0.15, 0.2) is 0 Å². The number of rotatable bonds is 4. The van der Waals surface area contributed by atoms with Crippen molar-refractivity contribution in [2.24, 2.45) is 4.99 Å². The van der Waals surface area contributed by atoms with Crippen LogP contribution in [0.25, 0.3) is 0 Å². The summed E-state index contributed by atoms with van der Waals surface area (Å²) in [6.07, 6.45) is 1.51. The van der Waals surface area contributed by atoms with Gasteiger partial charge in [-0.15, -0.1) is 0 Å². The molecule has 4 aromatic rings. The van der Waals surface area contributed by atoms with E-state index in [1.807, 2.05) is 60.7 Å². The second-order valence-corrected chi connectivity index (χ2v) is 15.9. The van der Waals surface area contributed by atoms with Crippen molar-refractivity contribution in [2.45, 2.75) is 0 Å². The Balaban J connectivity index is 1.82. The van der Waals surface area contributed by atoms with Gasteiger partial charge >= 0.3 is 212 Å². The summed E-state index contributed by atoms with van der Waals surface area (Å²) in [5.74, 6) is 0.277. The molecule has 1 heterocycles. The topological polar surface area (TPSA) is 100 Å². The van der Waals surface area contributed by atoms with Crippen LogP contribution in [-0.4, -0.2) is 43.4 Å². The number of aliphatic imine (C=N–C) groups is 1. The predicted octanol–water partition coefficient (Wildman–Crippen LogP) is 4.16. The van der Waals surface area contributed by atoms with Crippen molar-refractivity contribution in [1.29, 1.82) is 0 Å². The van der Waals surface area contributed by atoms with Gasteiger partial charge in [-0.05, 0) is 0 Å². The molecule has 0 radical (unpaired) electrons. The summed E-state index contributed by atoms with van der Waals surface area (Å²) in [5, 5.41) is 11.5. The number of ether oxygens (including phenoxy) is 1. The Morgan fingerprint density at radius 1 is 0.861 bits per heavy atom. The van der Waals surface area contributed by atoms with Crippen LogP contribution in [0.2, 0.25) is 0 Å². The third-order valence-corrected chi connectivity index (χ3v) is 14.9. The van der Waals surface area contributed by atoms with E-state index in [9.17, 15) is 14.9 Å². The number of esters is 1. The normalized spacial score (nSPS) is 13.5. The van der Waals surface area contributed by atoms with Crippen LogP contribution >= 0.6 is 0 Å². The quantitative estimate of drug-likeness (QED) is 0.154. The average Bonchev–Trinajstić information content (AvgIpc) is 2.99. The molecule has 0 atom stereocenters. The van der Waals surface area contributed by atoms with Crippen LogP contribution in [0.5, 0.6) is 11.5 Å². The van der Waals surface area contributed by atoms with Gasteiger partial charge in [0.05, 0.1) is 0 Å². The number of hydrogen-bond acceptors (Lipinski definition) is 7. The first kappa shape index (κ1) is 23.6. The fourth-order valence-electron chi connectivity index (χ4n) is 3.98. The Bertz CT molecular complexity index is 1440. The Morgan fingerprint density at radius 2 is 1.50 bits per heavy atom. The second-order valence-electron chi connectivity index (χ2n) is 7.96. The maximum absolute atomic E-state index is 12.3. The molecule has 0 spiro atoms. The zero-order valence-corrected chi connectivity index (χ0v) is 22.0. The molecule has 36 heavy (non-hydrogen) atoms. The molecule has 1 aliphatic heterocycles. The molecule has 0 bridgehead atoms. The number of non-ortho nitro benzene ring substituents is 1. The molecule has 9 heteroatoms. The summed E-state index contributed by atoms with van der Waals surface area (Å²) in [6.45, 7) is 0. The number of methoxy groups -OCH3 is 1.